The first-order valence-electron chi connectivity index (χ1n) is 7.54. The zero-order chi connectivity index (χ0) is 17.0. The van der Waals surface area contributed by atoms with E-state index in [4.69, 9.17) is 4.74 Å². The van der Waals surface area contributed by atoms with Gasteiger partial charge in [-0.05, 0) is 26.0 Å². The topological polar surface area (TPSA) is 49.9 Å². The van der Waals surface area contributed by atoms with E-state index < -0.39 is 17.8 Å². The molecule has 0 aliphatic carbocycles. The highest BCUT2D eigenvalue weighted by molar-refractivity contribution is 7.99. The zero-order valence-corrected chi connectivity index (χ0v) is 14.4. The van der Waals surface area contributed by atoms with Crippen LogP contribution < -0.4 is 4.74 Å². The Morgan fingerprint density at radius 2 is 2.09 bits per heavy atom. The van der Waals surface area contributed by atoms with E-state index in [-0.39, 0.29) is 11.5 Å². The monoisotopic (exact) mass is 340 g/mol. The number of hydrogen-bond acceptors (Lipinski definition) is 4. The second-order valence-corrected chi connectivity index (χ2v) is 6.15. The summed E-state index contributed by atoms with van der Waals surface area (Å²) in [6.45, 7) is 4.99. The molecular weight excluding hydrogens is 319 g/mol. The van der Waals surface area contributed by atoms with Crippen LogP contribution in [0.2, 0.25) is 0 Å². The van der Waals surface area contributed by atoms with Crippen molar-refractivity contribution < 1.29 is 18.7 Å². The normalized spacial score (nSPS) is 17.2. The van der Waals surface area contributed by atoms with Gasteiger partial charge in [-0.2, -0.15) is 0 Å². The first-order valence-corrected chi connectivity index (χ1v) is 8.69. The van der Waals surface area contributed by atoms with E-state index >= 15 is 0 Å². The number of benzene rings is 1. The van der Waals surface area contributed by atoms with Crippen molar-refractivity contribution in [2.45, 2.75) is 19.9 Å². The van der Waals surface area contributed by atoms with Gasteiger partial charge in [0.05, 0.1) is 18.6 Å². The molecule has 23 heavy (non-hydrogen) atoms. The summed E-state index contributed by atoms with van der Waals surface area (Å²) in [6, 6.07) is 3.59. The highest BCUT2D eigenvalue weighted by atomic mass is 32.2. The van der Waals surface area contributed by atoms with Gasteiger partial charge in [-0.1, -0.05) is 0 Å². The van der Waals surface area contributed by atoms with Crippen LogP contribution in [0.4, 0.5) is 4.39 Å². The van der Waals surface area contributed by atoms with Crippen molar-refractivity contribution in [3.05, 3.63) is 29.6 Å². The minimum absolute atomic E-state index is 0.0364. The van der Waals surface area contributed by atoms with Crippen LogP contribution >= 0.6 is 11.8 Å². The summed E-state index contributed by atoms with van der Waals surface area (Å²) in [5.41, 5.74) is -0.0364. The number of methoxy groups -OCH3 is 1. The lowest BCUT2D eigenvalue weighted by Gasteiger charge is -2.28. The molecule has 0 bridgehead atoms. The Kier molecular flexibility index (Phi) is 5.87. The van der Waals surface area contributed by atoms with Crippen LogP contribution in [0.1, 0.15) is 24.2 Å². The fourth-order valence-electron chi connectivity index (χ4n) is 2.54. The van der Waals surface area contributed by atoms with Crippen LogP contribution in [0.25, 0.3) is 0 Å². The molecule has 0 radical (unpaired) electrons. The number of thioether (sulfide) groups is 1. The molecular formula is C16H21FN2O3S. The van der Waals surface area contributed by atoms with Crippen molar-refractivity contribution in [2.75, 3.05) is 31.8 Å². The van der Waals surface area contributed by atoms with Gasteiger partial charge < -0.3 is 14.5 Å². The van der Waals surface area contributed by atoms with Gasteiger partial charge in [-0.15, -0.1) is 11.8 Å². The fourth-order valence-corrected chi connectivity index (χ4v) is 3.69. The lowest BCUT2D eigenvalue weighted by molar-refractivity contribution is -0.134. The van der Waals surface area contributed by atoms with Crippen LogP contribution in [-0.4, -0.2) is 59.5 Å². The molecule has 1 saturated heterocycles. The lowest BCUT2D eigenvalue weighted by Crippen LogP contribution is -2.49. The summed E-state index contributed by atoms with van der Waals surface area (Å²) in [7, 11) is 1.44. The largest absolute Gasteiger partial charge is 0.497 e. The van der Waals surface area contributed by atoms with Crippen molar-refractivity contribution in [1.82, 2.24) is 9.80 Å². The molecule has 0 saturated carbocycles. The van der Waals surface area contributed by atoms with E-state index in [2.05, 4.69) is 0 Å². The molecule has 1 atom stereocenters. The molecule has 0 N–H and O–H groups in total. The molecule has 1 aliphatic rings. The Labute approximate surface area is 139 Å². The van der Waals surface area contributed by atoms with Crippen molar-refractivity contribution in [3.8, 4) is 5.75 Å². The van der Waals surface area contributed by atoms with Gasteiger partial charge in [0.25, 0.3) is 5.91 Å². The van der Waals surface area contributed by atoms with E-state index in [0.29, 0.717) is 30.5 Å². The lowest BCUT2D eigenvalue weighted by atomic mass is 10.1. The van der Waals surface area contributed by atoms with E-state index in [0.717, 1.165) is 0 Å². The van der Waals surface area contributed by atoms with Gasteiger partial charge in [-0.3, -0.25) is 9.59 Å². The molecule has 1 aromatic rings. The van der Waals surface area contributed by atoms with E-state index in [9.17, 15) is 14.0 Å². The maximum absolute atomic E-state index is 14.1. The summed E-state index contributed by atoms with van der Waals surface area (Å²) in [5.74, 6) is 0.106. The molecule has 2 amide bonds. The number of carbonyl (C=O) groups is 2. The number of amides is 2. The third-order valence-electron chi connectivity index (χ3n) is 3.91. The van der Waals surface area contributed by atoms with Gasteiger partial charge >= 0.3 is 0 Å². The second kappa shape index (κ2) is 7.68. The van der Waals surface area contributed by atoms with Crippen LogP contribution in [0.5, 0.6) is 5.75 Å². The summed E-state index contributed by atoms with van der Waals surface area (Å²) < 4.78 is 19.1. The van der Waals surface area contributed by atoms with Crippen LogP contribution in [0.3, 0.4) is 0 Å². The van der Waals surface area contributed by atoms with Crippen molar-refractivity contribution in [1.29, 1.82) is 0 Å². The predicted molar refractivity (Wildman–Crippen MR) is 88.2 cm³/mol. The molecule has 1 aromatic carbocycles. The molecule has 2 rings (SSSR count). The first kappa shape index (κ1) is 17.6. The van der Waals surface area contributed by atoms with Gasteiger partial charge in [0.15, 0.2) is 0 Å². The van der Waals surface area contributed by atoms with E-state index in [1.54, 1.807) is 11.0 Å². The molecule has 0 spiro atoms. The van der Waals surface area contributed by atoms with Crippen LogP contribution in [-0.2, 0) is 4.79 Å². The molecule has 5 nitrogen and oxygen atoms in total. The van der Waals surface area contributed by atoms with Gasteiger partial charge in [0.2, 0.25) is 5.91 Å². The number of likely N-dealkylation sites (N-methyl/N-ethyl adjacent to an activating group) is 1. The summed E-state index contributed by atoms with van der Waals surface area (Å²) in [6.07, 6.45) is 0. The quantitative estimate of drug-likeness (QED) is 0.825. The second-order valence-electron chi connectivity index (χ2n) is 5.15. The minimum Gasteiger partial charge on any atom is -0.497 e. The predicted octanol–water partition coefficient (Wildman–Crippen LogP) is 2.22. The maximum Gasteiger partial charge on any atom is 0.258 e. The SMILES string of the molecule is CCN(CC)C(=O)C1CSCN1C(=O)c1ccc(OC)cc1F. The first-order chi connectivity index (χ1) is 11.0. The fraction of sp³-hybridized carbons (Fsp3) is 0.500. The summed E-state index contributed by atoms with van der Waals surface area (Å²) in [4.78, 5) is 28.3. The van der Waals surface area contributed by atoms with Crippen molar-refractivity contribution in [2.24, 2.45) is 0 Å². The van der Waals surface area contributed by atoms with Crippen molar-refractivity contribution in [3.63, 3.8) is 0 Å². The number of halogens is 1. The third kappa shape index (κ3) is 3.60. The van der Waals surface area contributed by atoms with Gasteiger partial charge in [0, 0.05) is 24.9 Å². The van der Waals surface area contributed by atoms with Gasteiger partial charge in [-0.25, -0.2) is 4.39 Å². The van der Waals surface area contributed by atoms with Gasteiger partial charge in [0.1, 0.15) is 17.6 Å². The van der Waals surface area contributed by atoms with Crippen molar-refractivity contribution >= 4 is 23.6 Å². The average molecular weight is 340 g/mol. The Morgan fingerprint density at radius 1 is 1.39 bits per heavy atom. The minimum atomic E-state index is -0.639. The molecule has 1 unspecified atom stereocenters. The highest BCUT2D eigenvalue weighted by Crippen LogP contribution is 2.26. The number of nitrogens with zero attached hydrogens (tertiary/aromatic N) is 2. The van der Waals surface area contributed by atoms with Crippen LogP contribution in [0.15, 0.2) is 18.2 Å². The van der Waals surface area contributed by atoms with E-state index in [1.165, 1.54) is 35.9 Å². The highest BCUT2D eigenvalue weighted by Gasteiger charge is 2.37. The molecule has 1 fully saturated rings. The molecule has 7 heteroatoms. The number of rotatable bonds is 5. The Morgan fingerprint density at radius 3 is 2.65 bits per heavy atom. The zero-order valence-electron chi connectivity index (χ0n) is 13.5. The van der Waals surface area contributed by atoms with Crippen LogP contribution in [0, 0.1) is 5.82 Å². The standard InChI is InChI=1S/C16H21FN2O3S/c1-4-18(5-2)16(21)14-9-23-10-19(14)15(20)12-7-6-11(22-3)8-13(12)17/h6-8,14H,4-5,9-10H2,1-3H3. The smallest absolute Gasteiger partial charge is 0.258 e. The molecule has 1 heterocycles. The molecule has 0 aromatic heterocycles. The number of ether oxygens (including phenoxy) is 1. The summed E-state index contributed by atoms with van der Waals surface area (Å²) >= 11 is 1.50. The number of carbonyl (C=O) groups excluding carboxylic acids is 2. The Bertz CT molecular complexity index is 593. The van der Waals surface area contributed by atoms with E-state index in [1.807, 2.05) is 13.8 Å². The summed E-state index contributed by atoms with van der Waals surface area (Å²) in [5, 5.41) is 0. The molecule has 126 valence electrons. The Hall–Kier alpha value is -1.76. The average Bonchev–Trinajstić information content (AvgIpc) is 3.04. The number of hydrogen-bond donors (Lipinski definition) is 0. The third-order valence-corrected chi connectivity index (χ3v) is 4.92. The molecule has 1 aliphatic heterocycles. The maximum atomic E-state index is 14.1. The Balaban J connectivity index is 2.22.